The van der Waals surface area contributed by atoms with Crippen LogP contribution in [-0.2, 0) is 4.79 Å². The molecule has 0 unspecified atom stereocenters. The summed E-state index contributed by atoms with van der Waals surface area (Å²) in [6, 6.07) is 6.02. The van der Waals surface area contributed by atoms with E-state index in [4.69, 9.17) is 9.47 Å². The highest BCUT2D eigenvalue weighted by Crippen LogP contribution is 2.29. The highest BCUT2D eigenvalue weighted by Gasteiger charge is 2.26. The van der Waals surface area contributed by atoms with Gasteiger partial charge in [0.25, 0.3) is 0 Å². The Hall–Kier alpha value is -1.72. The second kappa shape index (κ2) is 12.0. The number of nitrogens with zero attached hydrogens (tertiary/aromatic N) is 2. The van der Waals surface area contributed by atoms with Crippen molar-refractivity contribution < 1.29 is 14.3 Å². The first kappa shape index (κ1) is 24.3. The summed E-state index contributed by atoms with van der Waals surface area (Å²) in [5, 5.41) is 0. The molecule has 0 saturated heterocycles. The van der Waals surface area contributed by atoms with E-state index in [-0.39, 0.29) is 18.3 Å². The number of benzene rings is 1. The number of hydrogen-bond donors (Lipinski definition) is 0. The first-order chi connectivity index (χ1) is 12.9. The molecule has 0 radical (unpaired) electrons. The van der Waals surface area contributed by atoms with Gasteiger partial charge in [0.1, 0.15) is 0 Å². The smallest absolute Gasteiger partial charge is 0.246 e. The second-order valence-corrected chi connectivity index (χ2v) is 7.70. The average Bonchev–Trinajstić information content (AvgIpc) is 2.67. The van der Waals surface area contributed by atoms with E-state index in [1.54, 1.807) is 20.3 Å². The standard InChI is InChI=1S/C22H34N2O3.ClH/c1-17-6-10-19(11-7-17)24(15-14-23(2)3)22(25)13-9-18-8-12-20(26-4)21(16-18)27-5;/h8-9,12-13,16-17,19H,6-7,10-11,14-15H2,1-5H3;1H/b13-9+;/t17-,19-;. The molecular weight excluding hydrogens is 376 g/mol. The zero-order valence-electron chi connectivity index (χ0n) is 17.8. The van der Waals surface area contributed by atoms with Crippen molar-refractivity contribution in [2.75, 3.05) is 41.4 Å². The molecule has 158 valence electrons. The lowest BCUT2D eigenvalue weighted by Gasteiger charge is -2.36. The molecule has 28 heavy (non-hydrogen) atoms. The Morgan fingerprint density at radius 3 is 2.29 bits per heavy atom. The summed E-state index contributed by atoms with van der Waals surface area (Å²) in [5.74, 6) is 2.21. The predicted molar refractivity (Wildman–Crippen MR) is 118 cm³/mol. The van der Waals surface area contributed by atoms with Gasteiger partial charge in [0, 0.05) is 25.2 Å². The number of rotatable bonds is 8. The zero-order valence-corrected chi connectivity index (χ0v) is 18.6. The van der Waals surface area contributed by atoms with Crippen molar-refractivity contribution in [3.05, 3.63) is 29.8 Å². The number of methoxy groups -OCH3 is 2. The molecule has 0 N–H and O–H groups in total. The number of halogens is 1. The molecule has 0 spiro atoms. The predicted octanol–water partition coefficient (Wildman–Crippen LogP) is 4.11. The molecule has 1 aliphatic rings. The molecule has 0 bridgehead atoms. The Balaban J connectivity index is 0.00000392. The number of hydrogen-bond acceptors (Lipinski definition) is 4. The fraction of sp³-hybridized carbons (Fsp3) is 0.591. The lowest BCUT2D eigenvalue weighted by atomic mass is 9.86. The number of ether oxygens (including phenoxy) is 2. The van der Waals surface area contributed by atoms with Crippen molar-refractivity contribution in [3.8, 4) is 11.5 Å². The third-order valence-electron chi connectivity index (χ3n) is 5.32. The maximum atomic E-state index is 13.0. The van der Waals surface area contributed by atoms with E-state index in [1.807, 2.05) is 38.4 Å². The average molecular weight is 411 g/mol. The maximum absolute atomic E-state index is 13.0. The van der Waals surface area contributed by atoms with Gasteiger partial charge in [-0.3, -0.25) is 4.79 Å². The lowest BCUT2D eigenvalue weighted by Crippen LogP contribution is -2.44. The molecule has 1 amide bonds. The quantitative estimate of drug-likeness (QED) is 0.605. The number of likely N-dealkylation sites (N-methyl/N-ethyl adjacent to an activating group) is 1. The normalized spacial score (nSPS) is 19.4. The largest absolute Gasteiger partial charge is 0.493 e. The van der Waals surface area contributed by atoms with Gasteiger partial charge >= 0.3 is 0 Å². The van der Waals surface area contributed by atoms with Crippen LogP contribution in [0.5, 0.6) is 11.5 Å². The minimum Gasteiger partial charge on any atom is -0.493 e. The SMILES string of the molecule is COc1ccc(/C=C/C(=O)N(CCN(C)C)[C@H]2CC[C@H](C)CC2)cc1OC.Cl. The molecule has 6 heteroatoms. The molecule has 0 heterocycles. The van der Waals surface area contributed by atoms with Crippen molar-refractivity contribution in [3.63, 3.8) is 0 Å². The van der Waals surface area contributed by atoms with Gasteiger partial charge in [-0.05, 0) is 69.5 Å². The van der Waals surface area contributed by atoms with Crippen LogP contribution >= 0.6 is 12.4 Å². The minimum absolute atomic E-state index is 0. The first-order valence-corrected chi connectivity index (χ1v) is 9.80. The summed E-state index contributed by atoms with van der Waals surface area (Å²) in [6.07, 6.45) is 8.16. The molecule has 1 saturated carbocycles. The highest BCUT2D eigenvalue weighted by atomic mass is 35.5. The van der Waals surface area contributed by atoms with Crippen LogP contribution in [0.25, 0.3) is 6.08 Å². The molecule has 2 rings (SSSR count). The van der Waals surface area contributed by atoms with Gasteiger partial charge in [0.05, 0.1) is 14.2 Å². The monoisotopic (exact) mass is 410 g/mol. The van der Waals surface area contributed by atoms with Crippen LogP contribution in [0.15, 0.2) is 24.3 Å². The van der Waals surface area contributed by atoms with Crippen LogP contribution in [0.4, 0.5) is 0 Å². The summed E-state index contributed by atoms with van der Waals surface area (Å²) >= 11 is 0. The Bertz CT molecular complexity index is 641. The summed E-state index contributed by atoms with van der Waals surface area (Å²) in [4.78, 5) is 17.1. The van der Waals surface area contributed by atoms with E-state index in [2.05, 4.69) is 16.7 Å². The topological polar surface area (TPSA) is 42.0 Å². The van der Waals surface area contributed by atoms with E-state index < -0.39 is 0 Å². The zero-order chi connectivity index (χ0) is 19.8. The second-order valence-electron chi connectivity index (χ2n) is 7.70. The first-order valence-electron chi connectivity index (χ1n) is 9.80. The van der Waals surface area contributed by atoms with Crippen LogP contribution in [0.3, 0.4) is 0 Å². The van der Waals surface area contributed by atoms with Crippen molar-refractivity contribution in [1.29, 1.82) is 0 Å². The molecule has 0 atom stereocenters. The van der Waals surface area contributed by atoms with Crippen molar-refractivity contribution in [2.24, 2.45) is 5.92 Å². The van der Waals surface area contributed by atoms with Crippen LogP contribution in [-0.4, -0.2) is 63.2 Å². The summed E-state index contributed by atoms with van der Waals surface area (Å²) in [5.41, 5.74) is 0.922. The van der Waals surface area contributed by atoms with Crippen LogP contribution < -0.4 is 9.47 Å². The van der Waals surface area contributed by atoms with Crippen molar-refractivity contribution in [2.45, 2.75) is 38.6 Å². The molecule has 1 aromatic carbocycles. The Morgan fingerprint density at radius 1 is 1.07 bits per heavy atom. The molecule has 1 fully saturated rings. The Morgan fingerprint density at radius 2 is 1.71 bits per heavy atom. The number of carbonyl (C=O) groups is 1. The van der Waals surface area contributed by atoms with Gasteiger partial charge < -0.3 is 19.3 Å². The number of carbonyl (C=O) groups excluding carboxylic acids is 1. The fourth-order valence-electron chi connectivity index (χ4n) is 3.55. The van der Waals surface area contributed by atoms with Gasteiger partial charge in [-0.1, -0.05) is 13.0 Å². The minimum atomic E-state index is 0. The third kappa shape index (κ3) is 7.02. The van der Waals surface area contributed by atoms with E-state index in [0.29, 0.717) is 17.5 Å². The van der Waals surface area contributed by atoms with E-state index in [9.17, 15) is 4.79 Å². The molecule has 1 aromatic rings. The van der Waals surface area contributed by atoms with Gasteiger partial charge in [-0.2, -0.15) is 0 Å². The Labute approximate surface area is 176 Å². The van der Waals surface area contributed by atoms with E-state index in [1.165, 1.54) is 12.8 Å². The van der Waals surface area contributed by atoms with Crippen LogP contribution in [0, 0.1) is 5.92 Å². The van der Waals surface area contributed by atoms with Crippen molar-refractivity contribution in [1.82, 2.24) is 9.80 Å². The lowest BCUT2D eigenvalue weighted by molar-refractivity contribution is -0.129. The van der Waals surface area contributed by atoms with Gasteiger partial charge in [-0.25, -0.2) is 0 Å². The molecular formula is C22H35ClN2O3. The van der Waals surface area contributed by atoms with Gasteiger partial charge in [0.15, 0.2) is 11.5 Å². The van der Waals surface area contributed by atoms with E-state index in [0.717, 1.165) is 37.4 Å². The third-order valence-corrected chi connectivity index (χ3v) is 5.32. The van der Waals surface area contributed by atoms with Crippen LogP contribution in [0.2, 0.25) is 0 Å². The summed E-state index contributed by atoms with van der Waals surface area (Å²) < 4.78 is 10.6. The van der Waals surface area contributed by atoms with E-state index >= 15 is 0 Å². The number of amides is 1. The van der Waals surface area contributed by atoms with Crippen molar-refractivity contribution >= 4 is 24.4 Å². The Kier molecular flexibility index (Phi) is 10.4. The van der Waals surface area contributed by atoms with Gasteiger partial charge in [-0.15, -0.1) is 12.4 Å². The van der Waals surface area contributed by atoms with Gasteiger partial charge in [0.2, 0.25) is 5.91 Å². The molecule has 0 aliphatic heterocycles. The van der Waals surface area contributed by atoms with Crippen LogP contribution in [0.1, 0.15) is 38.2 Å². The summed E-state index contributed by atoms with van der Waals surface area (Å²) in [7, 11) is 7.32. The molecule has 1 aliphatic carbocycles. The summed E-state index contributed by atoms with van der Waals surface area (Å²) in [6.45, 7) is 3.95. The maximum Gasteiger partial charge on any atom is 0.246 e. The molecule has 0 aromatic heterocycles. The fourth-order valence-corrected chi connectivity index (χ4v) is 3.55. The highest BCUT2D eigenvalue weighted by molar-refractivity contribution is 5.92. The molecule has 5 nitrogen and oxygen atoms in total.